The zero-order valence-electron chi connectivity index (χ0n) is 18.0. The number of amides is 1. The summed E-state index contributed by atoms with van der Waals surface area (Å²) in [5.74, 6) is -0.968. The SMILES string of the molecule is O=C(COC(=O)c1ccc(S(=O)(=O)N2CCCc3ccccc32)cc1)NC1CCCCC1. The normalized spacial score (nSPS) is 16.8. The second kappa shape index (κ2) is 9.73. The van der Waals surface area contributed by atoms with Gasteiger partial charge in [0.15, 0.2) is 6.61 Å². The molecule has 2 aromatic rings. The smallest absolute Gasteiger partial charge is 0.338 e. The molecule has 0 radical (unpaired) electrons. The van der Waals surface area contributed by atoms with Crippen LogP contribution in [0.2, 0.25) is 0 Å². The number of nitrogens with zero attached hydrogens (tertiary/aromatic N) is 1. The van der Waals surface area contributed by atoms with Gasteiger partial charge in [0.2, 0.25) is 0 Å². The van der Waals surface area contributed by atoms with Crippen LogP contribution in [-0.2, 0) is 26.0 Å². The Bertz CT molecular complexity index is 1080. The quantitative estimate of drug-likeness (QED) is 0.673. The second-order valence-electron chi connectivity index (χ2n) is 8.31. The fourth-order valence-electron chi connectivity index (χ4n) is 4.37. The number of sulfonamides is 1. The molecule has 0 saturated heterocycles. The van der Waals surface area contributed by atoms with Crippen LogP contribution in [0.15, 0.2) is 53.4 Å². The van der Waals surface area contributed by atoms with E-state index in [-0.39, 0.29) is 29.0 Å². The van der Waals surface area contributed by atoms with E-state index in [2.05, 4.69) is 5.32 Å². The van der Waals surface area contributed by atoms with Gasteiger partial charge in [-0.25, -0.2) is 13.2 Å². The highest BCUT2D eigenvalue weighted by atomic mass is 32.2. The van der Waals surface area contributed by atoms with Crippen LogP contribution in [-0.4, -0.2) is 39.5 Å². The zero-order chi connectivity index (χ0) is 22.6. The molecule has 0 bridgehead atoms. The van der Waals surface area contributed by atoms with Gasteiger partial charge in [-0.2, -0.15) is 0 Å². The summed E-state index contributed by atoms with van der Waals surface area (Å²) in [4.78, 5) is 24.5. The lowest BCUT2D eigenvalue weighted by Gasteiger charge is -2.30. The van der Waals surface area contributed by atoms with Gasteiger partial charge in [0.05, 0.1) is 16.1 Å². The Hall–Kier alpha value is -2.87. The van der Waals surface area contributed by atoms with Crippen molar-refractivity contribution >= 4 is 27.6 Å². The average molecular weight is 457 g/mol. The fourth-order valence-corrected chi connectivity index (χ4v) is 5.91. The average Bonchev–Trinajstić information content (AvgIpc) is 2.83. The van der Waals surface area contributed by atoms with Gasteiger partial charge in [-0.1, -0.05) is 37.5 Å². The monoisotopic (exact) mass is 456 g/mol. The number of nitrogens with one attached hydrogen (secondary N) is 1. The number of carbonyl (C=O) groups excluding carboxylic acids is 2. The molecule has 170 valence electrons. The second-order valence-corrected chi connectivity index (χ2v) is 10.2. The third-order valence-electron chi connectivity index (χ3n) is 6.05. The van der Waals surface area contributed by atoms with E-state index in [1.807, 2.05) is 24.3 Å². The van der Waals surface area contributed by atoms with Crippen LogP contribution in [0, 0.1) is 0 Å². The molecule has 0 aromatic heterocycles. The summed E-state index contributed by atoms with van der Waals surface area (Å²) in [7, 11) is -3.74. The summed E-state index contributed by atoms with van der Waals surface area (Å²) in [6.45, 7) is 0.0686. The largest absolute Gasteiger partial charge is 0.452 e. The molecule has 0 atom stereocenters. The van der Waals surface area contributed by atoms with E-state index in [1.165, 1.54) is 35.0 Å². The highest BCUT2D eigenvalue weighted by Gasteiger charge is 2.29. The lowest BCUT2D eigenvalue weighted by Crippen LogP contribution is -2.38. The molecule has 1 aliphatic heterocycles. The molecule has 1 N–H and O–H groups in total. The summed E-state index contributed by atoms with van der Waals surface area (Å²) in [6.07, 6.45) is 6.91. The van der Waals surface area contributed by atoms with Gasteiger partial charge in [-0.15, -0.1) is 0 Å². The van der Waals surface area contributed by atoms with Crippen LogP contribution >= 0.6 is 0 Å². The van der Waals surface area contributed by atoms with Crippen molar-refractivity contribution in [2.45, 2.75) is 55.9 Å². The maximum atomic E-state index is 13.2. The third kappa shape index (κ3) is 4.96. The van der Waals surface area contributed by atoms with Crippen LogP contribution < -0.4 is 9.62 Å². The van der Waals surface area contributed by atoms with E-state index < -0.39 is 16.0 Å². The maximum Gasteiger partial charge on any atom is 0.338 e. The number of benzene rings is 2. The molecule has 2 aliphatic rings. The van der Waals surface area contributed by atoms with Gasteiger partial charge in [-0.3, -0.25) is 9.10 Å². The lowest BCUT2D eigenvalue weighted by atomic mass is 9.95. The molecular weight excluding hydrogens is 428 g/mol. The topological polar surface area (TPSA) is 92.8 Å². The van der Waals surface area contributed by atoms with Gasteiger partial charge in [0, 0.05) is 12.6 Å². The molecule has 0 spiro atoms. The number of carbonyl (C=O) groups is 2. The first kappa shape index (κ1) is 22.3. The standard InChI is InChI=1S/C24H28N2O5S/c27-23(25-20-9-2-1-3-10-20)17-31-24(28)19-12-14-21(15-13-19)32(29,30)26-16-6-8-18-7-4-5-11-22(18)26/h4-5,7,11-15,20H,1-3,6,8-10,16-17H2,(H,25,27). The Morgan fingerprint density at radius 1 is 0.969 bits per heavy atom. The van der Waals surface area contributed by atoms with Crippen LogP contribution in [0.4, 0.5) is 5.69 Å². The van der Waals surface area contributed by atoms with Gasteiger partial charge in [-0.05, 0) is 61.6 Å². The number of hydrogen-bond acceptors (Lipinski definition) is 5. The van der Waals surface area contributed by atoms with Crippen LogP contribution in [0.5, 0.6) is 0 Å². The Kier molecular flexibility index (Phi) is 6.79. The van der Waals surface area contributed by atoms with Crippen LogP contribution in [0.25, 0.3) is 0 Å². The predicted molar refractivity (Wildman–Crippen MR) is 121 cm³/mol. The van der Waals surface area contributed by atoms with Crippen LogP contribution in [0.3, 0.4) is 0 Å². The molecule has 1 fully saturated rings. The van der Waals surface area contributed by atoms with Gasteiger partial charge in [0.25, 0.3) is 15.9 Å². The van der Waals surface area contributed by atoms with Crippen molar-refractivity contribution in [3.8, 4) is 0 Å². The van der Waals surface area contributed by atoms with Crippen molar-refractivity contribution in [3.63, 3.8) is 0 Å². The number of anilines is 1. The highest BCUT2D eigenvalue weighted by molar-refractivity contribution is 7.92. The maximum absolute atomic E-state index is 13.2. The summed E-state index contributed by atoms with van der Waals surface area (Å²) in [5, 5.41) is 2.90. The summed E-state index contributed by atoms with van der Waals surface area (Å²) in [6, 6.07) is 13.3. The molecule has 1 heterocycles. The molecule has 1 saturated carbocycles. The Morgan fingerprint density at radius 2 is 1.69 bits per heavy atom. The first-order valence-electron chi connectivity index (χ1n) is 11.1. The number of para-hydroxylation sites is 1. The fraction of sp³-hybridized carbons (Fsp3) is 0.417. The summed E-state index contributed by atoms with van der Waals surface area (Å²) in [5.41, 5.74) is 1.91. The van der Waals surface area contributed by atoms with Gasteiger partial charge >= 0.3 is 5.97 Å². The molecule has 4 rings (SSSR count). The third-order valence-corrected chi connectivity index (χ3v) is 7.88. The highest BCUT2D eigenvalue weighted by Crippen LogP contribution is 2.31. The summed E-state index contributed by atoms with van der Waals surface area (Å²) < 4.78 is 32.9. The molecule has 1 aliphatic carbocycles. The van der Waals surface area contributed by atoms with E-state index in [0.29, 0.717) is 12.2 Å². The van der Waals surface area contributed by atoms with Gasteiger partial charge < -0.3 is 10.1 Å². The zero-order valence-corrected chi connectivity index (χ0v) is 18.8. The van der Waals surface area contributed by atoms with Crippen molar-refractivity contribution in [2.75, 3.05) is 17.5 Å². The van der Waals surface area contributed by atoms with Crippen LogP contribution in [0.1, 0.15) is 54.4 Å². The molecule has 8 heteroatoms. The molecule has 1 amide bonds. The van der Waals surface area contributed by atoms with E-state index in [9.17, 15) is 18.0 Å². The number of aryl methyl sites for hydroxylation is 1. The van der Waals surface area contributed by atoms with E-state index in [1.54, 1.807) is 0 Å². The van der Waals surface area contributed by atoms with Gasteiger partial charge in [0.1, 0.15) is 0 Å². The van der Waals surface area contributed by atoms with Crippen molar-refractivity contribution < 1.29 is 22.7 Å². The van der Waals surface area contributed by atoms with Crippen molar-refractivity contribution in [1.82, 2.24) is 5.32 Å². The van der Waals surface area contributed by atoms with Crippen molar-refractivity contribution in [3.05, 3.63) is 59.7 Å². The first-order chi connectivity index (χ1) is 15.4. The Morgan fingerprint density at radius 3 is 2.44 bits per heavy atom. The van der Waals surface area contributed by atoms with Crippen molar-refractivity contribution in [1.29, 1.82) is 0 Å². The molecule has 2 aromatic carbocycles. The number of ether oxygens (including phenoxy) is 1. The molecule has 0 unspecified atom stereocenters. The Labute approximate surface area is 188 Å². The summed E-state index contributed by atoms with van der Waals surface area (Å²) >= 11 is 0. The minimum absolute atomic E-state index is 0.112. The van der Waals surface area contributed by atoms with E-state index in [0.717, 1.165) is 44.1 Å². The molecule has 32 heavy (non-hydrogen) atoms. The van der Waals surface area contributed by atoms with E-state index >= 15 is 0 Å². The number of esters is 1. The molecular formula is C24H28N2O5S. The lowest BCUT2D eigenvalue weighted by molar-refractivity contribution is -0.125. The predicted octanol–water partition coefficient (Wildman–Crippen LogP) is 3.43. The first-order valence-corrected chi connectivity index (χ1v) is 12.6. The number of rotatable bonds is 6. The minimum atomic E-state index is -3.74. The minimum Gasteiger partial charge on any atom is -0.452 e. The number of fused-ring (bicyclic) bond motifs is 1. The number of hydrogen-bond donors (Lipinski definition) is 1. The van der Waals surface area contributed by atoms with Crippen molar-refractivity contribution in [2.24, 2.45) is 0 Å². The Balaban J connectivity index is 1.38. The van der Waals surface area contributed by atoms with E-state index in [4.69, 9.17) is 4.74 Å². The molecule has 7 nitrogen and oxygen atoms in total.